The van der Waals surface area contributed by atoms with Crippen molar-refractivity contribution < 1.29 is 23.9 Å². The molecule has 0 unspecified atom stereocenters. The topological polar surface area (TPSA) is 113 Å². The van der Waals surface area contributed by atoms with Crippen molar-refractivity contribution in [1.29, 1.82) is 0 Å². The summed E-state index contributed by atoms with van der Waals surface area (Å²) in [5.74, 6) is -0.327. The van der Waals surface area contributed by atoms with Gasteiger partial charge in [-0.3, -0.25) is 9.59 Å². The molecule has 30 heavy (non-hydrogen) atoms. The number of nitrogens with zero attached hydrogens (tertiary/aromatic N) is 1. The first-order valence-electron chi connectivity index (χ1n) is 9.64. The van der Waals surface area contributed by atoms with Gasteiger partial charge in [-0.15, -0.1) is 0 Å². The molecule has 1 fully saturated rings. The number of carboxylic acid groups (broad SMARTS) is 1. The number of likely N-dealkylation sites (tertiary alicyclic amines) is 1. The maximum atomic E-state index is 12.7. The Morgan fingerprint density at radius 1 is 1.07 bits per heavy atom. The number of anilines is 1. The third-order valence-corrected chi connectivity index (χ3v) is 4.81. The van der Waals surface area contributed by atoms with Crippen LogP contribution in [0.25, 0.3) is 0 Å². The molecule has 1 saturated heterocycles. The van der Waals surface area contributed by atoms with Gasteiger partial charge >= 0.3 is 6.09 Å². The second-order valence-electron chi connectivity index (χ2n) is 7.17. The smallest absolute Gasteiger partial charge is 0.407 e. The summed E-state index contributed by atoms with van der Waals surface area (Å²) >= 11 is 0. The van der Waals surface area contributed by atoms with Gasteiger partial charge < -0.3 is 21.1 Å². The standard InChI is InChI=1S/C13H16FNO2.C9H10N2O2/c14-12-3-1-10(2-4-12)9-11-5-7-15(8-6-11)13(16)17;1-6(12)11-8-4-2-7(3-5-8)9(10)13/h1-4,11H,5-9H2,(H,16,17);2-5H,1H3,(H2,10,13)(H,11,12). The molecule has 1 aliphatic heterocycles. The van der Waals surface area contributed by atoms with Crippen molar-refractivity contribution in [2.45, 2.75) is 26.2 Å². The normalized spacial score (nSPS) is 13.7. The first kappa shape index (κ1) is 22.9. The van der Waals surface area contributed by atoms with Crippen LogP contribution in [0.4, 0.5) is 14.9 Å². The zero-order valence-corrected chi connectivity index (χ0v) is 16.8. The molecule has 7 nitrogen and oxygen atoms in total. The minimum atomic E-state index is -0.828. The summed E-state index contributed by atoms with van der Waals surface area (Å²) in [4.78, 5) is 33.5. The van der Waals surface area contributed by atoms with E-state index in [1.807, 2.05) is 0 Å². The van der Waals surface area contributed by atoms with E-state index in [0.29, 0.717) is 30.3 Å². The summed E-state index contributed by atoms with van der Waals surface area (Å²) < 4.78 is 12.7. The molecule has 3 rings (SSSR count). The van der Waals surface area contributed by atoms with Crippen LogP contribution in [0, 0.1) is 11.7 Å². The number of nitrogens with two attached hydrogens (primary N) is 1. The first-order chi connectivity index (χ1) is 14.2. The highest BCUT2D eigenvalue weighted by Crippen LogP contribution is 2.21. The van der Waals surface area contributed by atoms with Crippen molar-refractivity contribution in [2.24, 2.45) is 11.7 Å². The Bertz CT molecular complexity index is 861. The van der Waals surface area contributed by atoms with Gasteiger partial charge in [0.15, 0.2) is 0 Å². The van der Waals surface area contributed by atoms with Crippen LogP contribution in [0.3, 0.4) is 0 Å². The van der Waals surface area contributed by atoms with Crippen LogP contribution in [-0.4, -0.2) is 41.0 Å². The van der Waals surface area contributed by atoms with Crippen LogP contribution in [0.2, 0.25) is 0 Å². The van der Waals surface area contributed by atoms with Crippen LogP contribution in [0.5, 0.6) is 0 Å². The molecule has 1 heterocycles. The number of hydrogen-bond donors (Lipinski definition) is 3. The highest BCUT2D eigenvalue weighted by Gasteiger charge is 2.22. The van der Waals surface area contributed by atoms with Gasteiger partial charge in [-0.05, 0) is 67.1 Å². The van der Waals surface area contributed by atoms with Gasteiger partial charge in [-0.1, -0.05) is 12.1 Å². The second-order valence-corrected chi connectivity index (χ2v) is 7.17. The molecule has 8 heteroatoms. The van der Waals surface area contributed by atoms with Crippen molar-refractivity contribution in [3.63, 3.8) is 0 Å². The Kier molecular flexibility index (Phi) is 8.34. The summed E-state index contributed by atoms with van der Waals surface area (Å²) in [7, 11) is 0. The third-order valence-electron chi connectivity index (χ3n) is 4.81. The summed E-state index contributed by atoms with van der Waals surface area (Å²) in [6.07, 6.45) is 1.87. The van der Waals surface area contributed by atoms with E-state index in [1.54, 1.807) is 36.4 Å². The number of hydrogen-bond acceptors (Lipinski definition) is 3. The van der Waals surface area contributed by atoms with E-state index in [4.69, 9.17) is 10.8 Å². The number of piperidine rings is 1. The average Bonchev–Trinajstić information content (AvgIpc) is 2.70. The predicted molar refractivity (Wildman–Crippen MR) is 112 cm³/mol. The fraction of sp³-hybridized carbons (Fsp3) is 0.318. The Morgan fingerprint density at radius 3 is 2.10 bits per heavy atom. The summed E-state index contributed by atoms with van der Waals surface area (Å²) in [5.41, 5.74) is 7.24. The molecule has 0 bridgehead atoms. The number of nitrogens with one attached hydrogen (secondary N) is 1. The second kappa shape index (κ2) is 10.9. The molecule has 1 aliphatic rings. The van der Waals surface area contributed by atoms with E-state index in [2.05, 4.69) is 5.32 Å². The summed E-state index contributed by atoms with van der Waals surface area (Å²) in [6, 6.07) is 12.9. The van der Waals surface area contributed by atoms with Gasteiger partial charge in [0.25, 0.3) is 0 Å². The minimum Gasteiger partial charge on any atom is -0.465 e. The van der Waals surface area contributed by atoms with Crippen LogP contribution in [-0.2, 0) is 11.2 Å². The van der Waals surface area contributed by atoms with Crippen LogP contribution >= 0.6 is 0 Å². The fourth-order valence-electron chi connectivity index (χ4n) is 3.20. The van der Waals surface area contributed by atoms with Gasteiger partial charge in [0.2, 0.25) is 11.8 Å². The van der Waals surface area contributed by atoms with Crippen molar-refractivity contribution in [2.75, 3.05) is 18.4 Å². The number of carbonyl (C=O) groups excluding carboxylic acids is 2. The molecule has 2 aromatic rings. The van der Waals surface area contributed by atoms with E-state index in [0.717, 1.165) is 24.8 Å². The fourth-order valence-corrected chi connectivity index (χ4v) is 3.20. The molecule has 0 spiro atoms. The monoisotopic (exact) mass is 415 g/mol. The minimum absolute atomic E-state index is 0.146. The van der Waals surface area contributed by atoms with Crippen LogP contribution in [0.15, 0.2) is 48.5 Å². The van der Waals surface area contributed by atoms with Crippen molar-refractivity contribution in [3.8, 4) is 0 Å². The Hall–Kier alpha value is -3.42. The number of carbonyl (C=O) groups is 3. The van der Waals surface area contributed by atoms with E-state index in [1.165, 1.54) is 24.0 Å². The number of halogens is 1. The highest BCUT2D eigenvalue weighted by atomic mass is 19.1. The van der Waals surface area contributed by atoms with Crippen LogP contribution in [0.1, 0.15) is 35.7 Å². The number of primary amides is 1. The van der Waals surface area contributed by atoms with E-state index >= 15 is 0 Å². The number of rotatable bonds is 4. The van der Waals surface area contributed by atoms with Gasteiger partial charge in [-0.25, -0.2) is 9.18 Å². The highest BCUT2D eigenvalue weighted by molar-refractivity contribution is 5.94. The number of amides is 3. The van der Waals surface area contributed by atoms with E-state index in [9.17, 15) is 18.8 Å². The zero-order valence-electron chi connectivity index (χ0n) is 16.8. The van der Waals surface area contributed by atoms with Crippen molar-refractivity contribution in [1.82, 2.24) is 4.90 Å². The first-order valence-corrected chi connectivity index (χ1v) is 9.64. The average molecular weight is 415 g/mol. The van der Waals surface area contributed by atoms with E-state index in [-0.39, 0.29) is 11.7 Å². The molecule has 0 atom stereocenters. The molecule has 2 aromatic carbocycles. The Labute approximate surface area is 174 Å². The summed E-state index contributed by atoms with van der Waals surface area (Å²) in [6.45, 7) is 2.64. The predicted octanol–water partition coefficient (Wildman–Crippen LogP) is 3.50. The lowest BCUT2D eigenvalue weighted by Gasteiger charge is -2.29. The number of benzene rings is 2. The molecule has 0 aliphatic carbocycles. The quantitative estimate of drug-likeness (QED) is 0.709. The zero-order chi connectivity index (χ0) is 22.1. The lowest BCUT2D eigenvalue weighted by Crippen LogP contribution is -2.37. The summed E-state index contributed by atoms with van der Waals surface area (Å²) in [5, 5.41) is 11.4. The molecule has 4 N–H and O–H groups in total. The van der Waals surface area contributed by atoms with Crippen LogP contribution < -0.4 is 11.1 Å². The molecular weight excluding hydrogens is 389 g/mol. The lowest BCUT2D eigenvalue weighted by atomic mass is 9.90. The van der Waals surface area contributed by atoms with Crippen molar-refractivity contribution >= 4 is 23.6 Å². The maximum Gasteiger partial charge on any atom is 0.407 e. The molecule has 0 saturated carbocycles. The van der Waals surface area contributed by atoms with Gasteiger partial charge in [0.1, 0.15) is 5.82 Å². The Balaban J connectivity index is 0.000000222. The maximum absolute atomic E-state index is 12.7. The Morgan fingerprint density at radius 2 is 1.63 bits per heavy atom. The SMILES string of the molecule is CC(=O)Nc1ccc(C(N)=O)cc1.O=C(O)N1CCC(Cc2ccc(F)cc2)CC1. The molecule has 0 radical (unpaired) electrons. The molecular formula is C22H26FN3O4. The molecule has 3 amide bonds. The van der Waals surface area contributed by atoms with Gasteiger partial charge in [0.05, 0.1) is 0 Å². The molecule has 0 aromatic heterocycles. The van der Waals surface area contributed by atoms with Crippen molar-refractivity contribution in [3.05, 3.63) is 65.5 Å². The third kappa shape index (κ3) is 7.54. The largest absolute Gasteiger partial charge is 0.465 e. The van der Waals surface area contributed by atoms with E-state index < -0.39 is 12.0 Å². The molecule has 160 valence electrons. The van der Waals surface area contributed by atoms with Gasteiger partial charge in [-0.2, -0.15) is 0 Å². The lowest BCUT2D eigenvalue weighted by molar-refractivity contribution is -0.114. The van der Waals surface area contributed by atoms with Gasteiger partial charge in [0, 0.05) is 31.3 Å².